The molecule has 0 aromatic heterocycles. The van der Waals surface area contributed by atoms with Gasteiger partial charge in [-0.15, -0.1) is 0 Å². The van der Waals surface area contributed by atoms with Crippen LogP contribution in [-0.2, 0) is 0 Å². The fourth-order valence-electron chi connectivity index (χ4n) is 2.42. The van der Waals surface area contributed by atoms with E-state index in [-0.39, 0.29) is 22.6 Å². The predicted molar refractivity (Wildman–Crippen MR) is 75.6 cm³/mol. The van der Waals surface area contributed by atoms with Gasteiger partial charge in [-0.3, -0.25) is 14.9 Å². The fraction of sp³-hybridized carbons (Fsp3) is 0.500. The maximum absolute atomic E-state index is 12.1. The summed E-state index contributed by atoms with van der Waals surface area (Å²) >= 11 is 0. The van der Waals surface area contributed by atoms with Gasteiger partial charge in [-0.2, -0.15) is 0 Å². The molecule has 1 aliphatic rings. The van der Waals surface area contributed by atoms with Gasteiger partial charge in [0.25, 0.3) is 11.6 Å². The van der Waals surface area contributed by atoms with Crippen molar-refractivity contribution in [3.05, 3.63) is 39.9 Å². The number of nitro groups is 1. The SMILES string of the molecule is CC1(CNC(=O)c2ccccc2[N+](=O)[O-])CCNCC1. The van der Waals surface area contributed by atoms with Crippen LogP contribution in [0.25, 0.3) is 0 Å². The largest absolute Gasteiger partial charge is 0.351 e. The predicted octanol–water partition coefficient (Wildman–Crippen LogP) is 1.71. The molecule has 1 saturated heterocycles. The summed E-state index contributed by atoms with van der Waals surface area (Å²) in [6.07, 6.45) is 1.98. The minimum Gasteiger partial charge on any atom is -0.351 e. The number of rotatable bonds is 4. The van der Waals surface area contributed by atoms with Crippen molar-refractivity contribution in [2.24, 2.45) is 5.41 Å². The van der Waals surface area contributed by atoms with Crippen molar-refractivity contribution in [3.8, 4) is 0 Å². The zero-order chi connectivity index (χ0) is 14.6. The minimum absolute atomic E-state index is 0.0600. The Morgan fingerprint density at radius 1 is 1.40 bits per heavy atom. The summed E-state index contributed by atoms with van der Waals surface area (Å²) in [5, 5.41) is 17.0. The van der Waals surface area contributed by atoms with Crippen molar-refractivity contribution >= 4 is 11.6 Å². The number of benzene rings is 1. The third kappa shape index (κ3) is 3.33. The number of hydrogen-bond acceptors (Lipinski definition) is 4. The molecule has 0 spiro atoms. The lowest BCUT2D eigenvalue weighted by molar-refractivity contribution is -0.385. The second kappa shape index (κ2) is 6.00. The maximum atomic E-state index is 12.1. The number of carbonyl (C=O) groups is 1. The lowest BCUT2D eigenvalue weighted by atomic mass is 9.81. The number of hydrogen-bond donors (Lipinski definition) is 2. The molecule has 0 aliphatic carbocycles. The van der Waals surface area contributed by atoms with Crippen molar-refractivity contribution in [2.75, 3.05) is 19.6 Å². The molecule has 1 aromatic rings. The number of nitrogens with one attached hydrogen (secondary N) is 2. The van der Waals surface area contributed by atoms with E-state index in [0.717, 1.165) is 25.9 Å². The Kier molecular flexibility index (Phi) is 4.34. The van der Waals surface area contributed by atoms with Gasteiger partial charge in [0, 0.05) is 12.6 Å². The first-order valence-corrected chi connectivity index (χ1v) is 6.74. The van der Waals surface area contributed by atoms with E-state index in [1.807, 2.05) is 0 Å². The topological polar surface area (TPSA) is 84.3 Å². The number of piperidine rings is 1. The van der Waals surface area contributed by atoms with E-state index in [2.05, 4.69) is 17.6 Å². The smallest absolute Gasteiger partial charge is 0.282 e. The third-order valence-electron chi connectivity index (χ3n) is 3.83. The van der Waals surface area contributed by atoms with Crippen molar-refractivity contribution < 1.29 is 9.72 Å². The molecule has 2 rings (SSSR count). The summed E-state index contributed by atoms with van der Waals surface area (Å²) in [7, 11) is 0. The maximum Gasteiger partial charge on any atom is 0.282 e. The highest BCUT2D eigenvalue weighted by Gasteiger charge is 2.28. The first-order valence-electron chi connectivity index (χ1n) is 6.74. The molecule has 0 atom stereocenters. The highest BCUT2D eigenvalue weighted by Crippen LogP contribution is 2.27. The van der Waals surface area contributed by atoms with Crippen LogP contribution < -0.4 is 10.6 Å². The summed E-state index contributed by atoms with van der Waals surface area (Å²) in [4.78, 5) is 22.5. The molecule has 0 saturated carbocycles. The third-order valence-corrected chi connectivity index (χ3v) is 3.83. The average molecular weight is 277 g/mol. The molecule has 0 bridgehead atoms. The zero-order valence-electron chi connectivity index (χ0n) is 11.5. The lowest BCUT2D eigenvalue weighted by Crippen LogP contribution is -2.43. The number of carbonyl (C=O) groups excluding carboxylic acids is 1. The minimum atomic E-state index is -0.527. The Hall–Kier alpha value is -1.95. The highest BCUT2D eigenvalue weighted by molar-refractivity contribution is 5.98. The molecule has 1 aliphatic heterocycles. The molecule has 20 heavy (non-hydrogen) atoms. The van der Waals surface area contributed by atoms with Crippen molar-refractivity contribution in [1.29, 1.82) is 0 Å². The van der Waals surface area contributed by atoms with Crippen molar-refractivity contribution in [3.63, 3.8) is 0 Å². The van der Waals surface area contributed by atoms with Crippen LogP contribution in [0.15, 0.2) is 24.3 Å². The molecule has 1 heterocycles. The molecule has 2 N–H and O–H groups in total. The Bertz CT molecular complexity index is 510. The van der Waals surface area contributed by atoms with Crippen molar-refractivity contribution in [2.45, 2.75) is 19.8 Å². The number of amides is 1. The average Bonchev–Trinajstić information content (AvgIpc) is 2.45. The van der Waals surface area contributed by atoms with E-state index in [1.165, 1.54) is 12.1 Å². The summed E-state index contributed by atoms with van der Waals surface area (Å²) in [6, 6.07) is 6.02. The van der Waals surface area contributed by atoms with Crippen LogP contribution in [0.2, 0.25) is 0 Å². The Morgan fingerprint density at radius 3 is 2.70 bits per heavy atom. The zero-order valence-corrected chi connectivity index (χ0v) is 11.5. The summed E-state index contributed by atoms with van der Waals surface area (Å²) in [6.45, 7) is 4.56. The molecule has 108 valence electrons. The lowest BCUT2D eigenvalue weighted by Gasteiger charge is -2.34. The molecule has 1 amide bonds. The second-order valence-electron chi connectivity index (χ2n) is 5.52. The molecule has 0 radical (unpaired) electrons. The Balaban J connectivity index is 2.03. The first-order chi connectivity index (χ1) is 9.52. The van der Waals surface area contributed by atoms with Gasteiger partial charge in [0.05, 0.1) is 4.92 Å². The second-order valence-corrected chi connectivity index (χ2v) is 5.52. The molecule has 6 nitrogen and oxygen atoms in total. The quantitative estimate of drug-likeness (QED) is 0.648. The highest BCUT2D eigenvalue weighted by atomic mass is 16.6. The van der Waals surface area contributed by atoms with Gasteiger partial charge in [-0.05, 0) is 37.4 Å². The van der Waals surface area contributed by atoms with Gasteiger partial charge >= 0.3 is 0 Å². The van der Waals surface area contributed by atoms with Crippen LogP contribution in [0, 0.1) is 15.5 Å². The van der Waals surface area contributed by atoms with E-state index in [9.17, 15) is 14.9 Å². The fourth-order valence-corrected chi connectivity index (χ4v) is 2.42. The summed E-state index contributed by atoms with van der Waals surface area (Å²) < 4.78 is 0. The molecule has 1 fully saturated rings. The van der Waals surface area contributed by atoms with Gasteiger partial charge in [-0.25, -0.2) is 0 Å². The van der Waals surface area contributed by atoms with Crippen molar-refractivity contribution in [1.82, 2.24) is 10.6 Å². The van der Waals surface area contributed by atoms with Crippen LogP contribution in [0.1, 0.15) is 30.1 Å². The van der Waals surface area contributed by atoms with E-state index >= 15 is 0 Å². The van der Waals surface area contributed by atoms with Gasteiger partial charge in [0.2, 0.25) is 0 Å². The van der Waals surface area contributed by atoms with Gasteiger partial charge in [0.15, 0.2) is 0 Å². The Morgan fingerprint density at radius 2 is 2.05 bits per heavy atom. The van der Waals surface area contributed by atoms with Gasteiger partial charge in [0.1, 0.15) is 5.56 Å². The molecular weight excluding hydrogens is 258 g/mol. The summed E-state index contributed by atoms with van der Waals surface area (Å²) in [5.74, 6) is -0.378. The van der Waals surface area contributed by atoms with E-state index in [4.69, 9.17) is 0 Å². The van der Waals surface area contributed by atoms with Crippen LogP contribution >= 0.6 is 0 Å². The number of para-hydroxylation sites is 1. The first kappa shape index (κ1) is 14.5. The molecule has 1 aromatic carbocycles. The van der Waals surface area contributed by atoms with Crippen LogP contribution in [-0.4, -0.2) is 30.5 Å². The summed E-state index contributed by atoms with van der Waals surface area (Å²) in [5.41, 5.74) is 0.0280. The van der Waals surface area contributed by atoms with Crippen LogP contribution in [0.3, 0.4) is 0 Å². The Labute approximate surface area is 117 Å². The van der Waals surface area contributed by atoms with E-state index < -0.39 is 4.92 Å². The standard InChI is InChI=1S/C14H19N3O3/c1-14(6-8-15-9-7-14)10-16-13(18)11-4-2-3-5-12(11)17(19)20/h2-5,15H,6-10H2,1H3,(H,16,18). The number of nitro benzene ring substituents is 1. The van der Waals surface area contributed by atoms with Gasteiger partial charge < -0.3 is 10.6 Å². The van der Waals surface area contributed by atoms with Gasteiger partial charge in [-0.1, -0.05) is 19.1 Å². The number of nitrogens with zero attached hydrogens (tertiary/aromatic N) is 1. The van der Waals surface area contributed by atoms with Crippen LogP contribution in [0.5, 0.6) is 0 Å². The van der Waals surface area contributed by atoms with E-state index in [1.54, 1.807) is 12.1 Å². The monoisotopic (exact) mass is 277 g/mol. The van der Waals surface area contributed by atoms with E-state index in [0.29, 0.717) is 6.54 Å². The molecular formula is C14H19N3O3. The van der Waals surface area contributed by atoms with Crippen LogP contribution in [0.4, 0.5) is 5.69 Å². The normalized spacial score (nSPS) is 17.4. The molecule has 6 heteroatoms. The molecule has 0 unspecified atom stereocenters.